The number of halogens is 2. The summed E-state index contributed by atoms with van der Waals surface area (Å²) in [6.45, 7) is 0.117. The van der Waals surface area contributed by atoms with Crippen molar-refractivity contribution in [2.75, 3.05) is 12.9 Å². The predicted octanol–water partition coefficient (Wildman–Crippen LogP) is 4.34. The molecule has 0 bridgehead atoms. The number of thioether (sulfide) groups is 1. The quantitative estimate of drug-likeness (QED) is 0.522. The summed E-state index contributed by atoms with van der Waals surface area (Å²) in [6, 6.07) is 12.1. The second-order valence-electron chi connectivity index (χ2n) is 5.48. The average Bonchev–Trinajstić information content (AvgIpc) is 3.08. The number of aliphatic carboxylic acids is 1. The van der Waals surface area contributed by atoms with Gasteiger partial charge in [-0.15, -0.1) is 10.2 Å². The van der Waals surface area contributed by atoms with Crippen molar-refractivity contribution in [3.05, 3.63) is 58.3 Å². The topological polar surface area (TPSA) is 86.5 Å². The fraction of sp³-hybridized carbons (Fsp3) is 0.167. The van der Waals surface area contributed by atoms with Crippen LogP contribution in [0.25, 0.3) is 5.69 Å². The van der Waals surface area contributed by atoms with Gasteiger partial charge >= 0.3 is 5.97 Å². The van der Waals surface area contributed by atoms with Crippen LogP contribution >= 0.6 is 35.0 Å². The molecule has 0 aliphatic heterocycles. The molecule has 2 aromatic carbocycles. The molecule has 146 valence electrons. The number of methoxy groups -OCH3 is 1. The lowest BCUT2D eigenvalue weighted by molar-refractivity contribution is -0.133. The van der Waals surface area contributed by atoms with E-state index in [2.05, 4.69) is 10.2 Å². The molecule has 28 heavy (non-hydrogen) atoms. The number of nitrogens with zero attached hydrogens (tertiary/aromatic N) is 3. The first-order chi connectivity index (χ1) is 13.5. The highest BCUT2D eigenvalue weighted by Crippen LogP contribution is 2.30. The first-order valence-corrected chi connectivity index (χ1v) is 9.73. The number of hydrogen-bond donors (Lipinski definition) is 1. The molecule has 3 rings (SSSR count). The Morgan fingerprint density at radius 3 is 2.57 bits per heavy atom. The Bertz CT molecular complexity index is 979. The van der Waals surface area contributed by atoms with Gasteiger partial charge in [0.1, 0.15) is 18.1 Å². The van der Waals surface area contributed by atoms with Gasteiger partial charge in [0, 0.05) is 5.02 Å². The van der Waals surface area contributed by atoms with Crippen LogP contribution in [0, 0.1) is 0 Å². The number of aromatic nitrogens is 3. The normalized spacial score (nSPS) is 10.7. The first kappa shape index (κ1) is 20.3. The molecule has 0 fully saturated rings. The Morgan fingerprint density at radius 2 is 1.93 bits per heavy atom. The van der Waals surface area contributed by atoms with Crippen LogP contribution < -0.4 is 9.47 Å². The summed E-state index contributed by atoms with van der Waals surface area (Å²) in [5.74, 6) is 0.527. The van der Waals surface area contributed by atoms with Gasteiger partial charge in [0.25, 0.3) is 0 Å². The second kappa shape index (κ2) is 9.18. The van der Waals surface area contributed by atoms with E-state index in [1.54, 1.807) is 47.0 Å². The lowest BCUT2D eigenvalue weighted by Gasteiger charge is -2.12. The SMILES string of the molecule is COc1ccc(-n2c(COc3ccc(Cl)cc3)nnc2SCC(=O)O)cc1Cl. The summed E-state index contributed by atoms with van der Waals surface area (Å²) in [5.41, 5.74) is 0.665. The molecular formula is C18H15Cl2N3O4S. The molecule has 0 spiro atoms. The van der Waals surface area contributed by atoms with Crippen LogP contribution in [0.1, 0.15) is 5.82 Å². The van der Waals surface area contributed by atoms with Gasteiger partial charge in [0.2, 0.25) is 0 Å². The average molecular weight is 440 g/mol. The van der Waals surface area contributed by atoms with E-state index >= 15 is 0 Å². The van der Waals surface area contributed by atoms with Crippen LogP contribution in [0.4, 0.5) is 0 Å². The number of carbonyl (C=O) groups is 1. The maximum Gasteiger partial charge on any atom is 0.313 e. The molecule has 10 heteroatoms. The molecular weight excluding hydrogens is 425 g/mol. The van der Waals surface area contributed by atoms with E-state index in [9.17, 15) is 4.79 Å². The van der Waals surface area contributed by atoms with Crippen molar-refractivity contribution < 1.29 is 19.4 Å². The fourth-order valence-corrected chi connectivity index (χ4v) is 3.41. The van der Waals surface area contributed by atoms with E-state index in [0.29, 0.717) is 38.2 Å². The predicted molar refractivity (Wildman–Crippen MR) is 107 cm³/mol. The monoisotopic (exact) mass is 439 g/mol. The zero-order chi connectivity index (χ0) is 20.1. The lowest BCUT2D eigenvalue weighted by Crippen LogP contribution is -2.08. The Kier molecular flexibility index (Phi) is 6.66. The maximum atomic E-state index is 11.0. The summed E-state index contributed by atoms with van der Waals surface area (Å²) < 4.78 is 12.6. The summed E-state index contributed by atoms with van der Waals surface area (Å²) >= 11 is 13.2. The highest BCUT2D eigenvalue weighted by atomic mass is 35.5. The van der Waals surface area contributed by atoms with Crippen LogP contribution in [-0.4, -0.2) is 38.7 Å². The molecule has 3 aromatic rings. The van der Waals surface area contributed by atoms with Crippen molar-refractivity contribution in [2.24, 2.45) is 0 Å². The molecule has 0 radical (unpaired) electrons. The summed E-state index contributed by atoms with van der Waals surface area (Å²) in [7, 11) is 1.53. The third-order valence-electron chi connectivity index (χ3n) is 3.60. The molecule has 0 aliphatic carbocycles. The molecule has 0 saturated carbocycles. The number of carboxylic acid groups (broad SMARTS) is 1. The Labute approximate surface area is 175 Å². The Morgan fingerprint density at radius 1 is 1.18 bits per heavy atom. The standard InChI is InChI=1S/C18H15Cl2N3O4S/c1-26-15-7-4-12(8-14(15)20)23-16(21-22-18(23)28-10-17(24)25)9-27-13-5-2-11(19)3-6-13/h2-8H,9-10H2,1H3,(H,24,25). The highest BCUT2D eigenvalue weighted by molar-refractivity contribution is 7.99. The smallest absolute Gasteiger partial charge is 0.313 e. The number of rotatable bonds is 8. The minimum absolute atomic E-state index is 0.117. The van der Waals surface area contributed by atoms with Crippen molar-refractivity contribution in [3.8, 4) is 17.2 Å². The van der Waals surface area contributed by atoms with Crippen LogP contribution in [0.3, 0.4) is 0 Å². The number of ether oxygens (including phenoxy) is 2. The van der Waals surface area contributed by atoms with Crippen LogP contribution in [-0.2, 0) is 11.4 Å². The molecule has 1 N–H and O–H groups in total. The fourth-order valence-electron chi connectivity index (χ4n) is 2.35. The number of hydrogen-bond acceptors (Lipinski definition) is 6. The van der Waals surface area contributed by atoms with E-state index in [1.165, 1.54) is 7.11 Å². The van der Waals surface area contributed by atoms with Gasteiger partial charge in [0.05, 0.1) is 23.6 Å². The highest BCUT2D eigenvalue weighted by Gasteiger charge is 2.17. The third-order valence-corrected chi connectivity index (χ3v) is 5.06. The van der Waals surface area contributed by atoms with Gasteiger partial charge in [-0.2, -0.15) is 0 Å². The molecule has 0 atom stereocenters. The van der Waals surface area contributed by atoms with Gasteiger partial charge in [-0.05, 0) is 42.5 Å². The summed E-state index contributed by atoms with van der Waals surface area (Å²) in [5, 5.41) is 18.7. The zero-order valence-electron chi connectivity index (χ0n) is 14.6. The molecule has 7 nitrogen and oxygen atoms in total. The molecule has 1 heterocycles. The van der Waals surface area contributed by atoms with Crippen molar-refractivity contribution in [1.82, 2.24) is 14.8 Å². The van der Waals surface area contributed by atoms with Gasteiger partial charge in [-0.25, -0.2) is 0 Å². The van der Waals surface area contributed by atoms with Crippen molar-refractivity contribution >= 4 is 40.9 Å². The first-order valence-electron chi connectivity index (χ1n) is 7.99. The van der Waals surface area contributed by atoms with E-state index < -0.39 is 5.97 Å². The molecule has 0 unspecified atom stereocenters. The van der Waals surface area contributed by atoms with Crippen LogP contribution in [0.15, 0.2) is 47.6 Å². The van der Waals surface area contributed by atoms with Crippen molar-refractivity contribution in [2.45, 2.75) is 11.8 Å². The van der Waals surface area contributed by atoms with E-state index in [-0.39, 0.29) is 12.4 Å². The van der Waals surface area contributed by atoms with E-state index in [1.807, 2.05) is 0 Å². The van der Waals surface area contributed by atoms with Crippen LogP contribution in [0.5, 0.6) is 11.5 Å². The van der Waals surface area contributed by atoms with Crippen LogP contribution in [0.2, 0.25) is 10.0 Å². The molecule has 0 amide bonds. The third kappa shape index (κ3) is 4.89. The minimum Gasteiger partial charge on any atom is -0.495 e. The van der Waals surface area contributed by atoms with Gasteiger partial charge in [0.15, 0.2) is 11.0 Å². The maximum absolute atomic E-state index is 11.0. The molecule has 0 aliphatic rings. The zero-order valence-corrected chi connectivity index (χ0v) is 17.0. The van der Waals surface area contributed by atoms with Gasteiger partial charge < -0.3 is 14.6 Å². The summed E-state index contributed by atoms with van der Waals surface area (Å²) in [4.78, 5) is 11.0. The molecule has 1 aromatic heterocycles. The van der Waals surface area contributed by atoms with E-state index in [0.717, 1.165) is 11.8 Å². The minimum atomic E-state index is -0.953. The van der Waals surface area contributed by atoms with Gasteiger partial charge in [-0.3, -0.25) is 9.36 Å². The summed E-state index contributed by atoms with van der Waals surface area (Å²) in [6.07, 6.45) is 0. The number of benzene rings is 2. The van der Waals surface area contributed by atoms with Gasteiger partial charge in [-0.1, -0.05) is 35.0 Å². The Hall–Kier alpha value is -2.42. The Balaban J connectivity index is 1.91. The van der Waals surface area contributed by atoms with E-state index in [4.69, 9.17) is 37.8 Å². The largest absolute Gasteiger partial charge is 0.495 e. The molecule has 0 saturated heterocycles. The van der Waals surface area contributed by atoms with Crippen molar-refractivity contribution in [1.29, 1.82) is 0 Å². The lowest BCUT2D eigenvalue weighted by atomic mass is 10.3. The number of carboxylic acids is 1. The second-order valence-corrected chi connectivity index (χ2v) is 7.26. The van der Waals surface area contributed by atoms with Crippen molar-refractivity contribution in [3.63, 3.8) is 0 Å².